The van der Waals surface area contributed by atoms with Crippen LogP contribution in [0.5, 0.6) is 0 Å². The predicted octanol–water partition coefficient (Wildman–Crippen LogP) is 5.27. The smallest absolute Gasteiger partial charge is 0.260 e. The summed E-state index contributed by atoms with van der Waals surface area (Å²) in [4.78, 5) is 22.7. The van der Waals surface area contributed by atoms with Gasteiger partial charge in [-0.1, -0.05) is 48.3 Å². The number of para-hydroxylation sites is 1. The number of fused-ring (bicyclic) bond motifs is 1. The fourth-order valence-corrected chi connectivity index (χ4v) is 8.02. The Morgan fingerprint density at radius 2 is 1.82 bits per heavy atom. The first-order chi connectivity index (χ1) is 18.8. The van der Waals surface area contributed by atoms with Gasteiger partial charge >= 0.3 is 0 Å². The van der Waals surface area contributed by atoms with Gasteiger partial charge < -0.3 is 4.74 Å². The number of ether oxygens (including phenoxy) is 1. The van der Waals surface area contributed by atoms with Gasteiger partial charge in [0.15, 0.2) is 5.13 Å². The summed E-state index contributed by atoms with van der Waals surface area (Å²) < 4.78 is 34.4. The van der Waals surface area contributed by atoms with Crippen molar-refractivity contribution < 1.29 is 17.9 Å². The Kier molecular flexibility index (Phi) is 9.20. The fraction of sp³-hybridized carbons (Fsp3) is 0.500. The van der Waals surface area contributed by atoms with E-state index < -0.39 is 10.0 Å². The third-order valence-corrected chi connectivity index (χ3v) is 10.9. The Morgan fingerprint density at radius 1 is 1.10 bits per heavy atom. The lowest BCUT2D eigenvalue weighted by molar-refractivity contribution is 0.0376. The molecule has 0 bridgehead atoms. The van der Waals surface area contributed by atoms with E-state index in [0.717, 1.165) is 76.1 Å². The molecule has 11 heteroatoms. The number of hydrogen-bond donors (Lipinski definition) is 0. The number of amides is 1. The highest BCUT2D eigenvalue weighted by Gasteiger charge is 2.30. The molecule has 2 fully saturated rings. The zero-order chi connectivity index (χ0) is 27.4. The molecule has 0 radical (unpaired) electrons. The van der Waals surface area contributed by atoms with Gasteiger partial charge in [-0.3, -0.25) is 14.6 Å². The van der Waals surface area contributed by atoms with Gasteiger partial charge in [0.2, 0.25) is 10.0 Å². The zero-order valence-electron chi connectivity index (χ0n) is 22.2. The highest BCUT2D eigenvalue weighted by molar-refractivity contribution is 7.89. The molecular weight excluding hydrogens is 556 g/mol. The van der Waals surface area contributed by atoms with Crippen LogP contribution in [0.4, 0.5) is 5.13 Å². The van der Waals surface area contributed by atoms with E-state index in [1.807, 2.05) is 12.1 Å². The number of carbonyl (C=O) groups excluding carboxylic acids is 1. The number of thiazole rings is 1. The topological polar surface area (TPSA) is 83.1 Å². The summed E-state index contributed by atoms with van der Waals surface area (Å²) in [7, 11) is -1.97. The number of anilines is 1. The summed E-state index contributed by atoms with van der Waals surface area (Å²) in [6.07, 6.45) is 5.81. The van der Waals surface area contributed by atoms with E-state index in [9.17, 15) is 13.2 Å². The molecule has 3 aromatic rings. The van der Waals surface area contributed by atoms with Gasteiger partial charge in [0.25, 0.3) is 5.91 Å². The molecule has 1 saturated carbocycles. The largest absolute Gasteiger partial charge is 0.379 e. The van der Waals surface area contributed by atoms with E-state index in [1.54, 1.807) is 42.3 Å². The van der Waals surface area contributed by atoms with Crippen LogP contribution in [0.1, 0.15) is 48.9 Å². The lowest BCUT2D eigenvalue weighted by atomic mass is 9.96. The maximum absolute atomic E-state index is 13.8. The van der Waals surface area contributed by atoms with Crippen LogP contribution in [-0.4, -0.2) is 81.0 Å². The molecule has 1 aromatic heterocycles. The lowest BCUT2D eigenvalue weighted by Gasteiger charge is -2.30. The number of aromatic nitrogens is 1. The molecule has 5 rings (SSSR count). The first-order valence-electron chi connectivity index (χ1n) is 13.6. The van der Waals surface area contributed by atoms with Gasteiger partial charge in [-0.25, -0.2) is 13.4 Å². The number of nitrogens with zero attached hydrogens (tertiary/aromatic N) is 4. The number of halogens is 1. The second kappa shape index (κ2) is 12.6. The summed E-state index contributed by atoms with van der Waals surface area (Å²) in [5, 5.41) is 1.13. The normalized spacial score (nSPS) is 17.6. The molecule has 210 valence electrons. The molecule has 2 heterocycles. The minimum atomic E-state index is -3.63. The van der Waals surface area contributed by atoms with Crippen LogP contribution >= 0.6 is 22.9 Å². The summed E-state index contributed by atoms with van der Waals surface area (Å²) in [6, 6.07) is 12.0. The van der Waals surface area contributed by atoms with E-state index in [-0.39, 0.29) is 16.8 Å². The third kappa shape index (κ3) is 6.47. The van der Waals surface area contributed by atoms with E-state index in [1.165, 1.54) is 15.6 Å². The molecule has 0 unspecified atom stereocenters. The maximum atomic E-state index is 13.8. The van der Waals surface area contributed by atoms with Crippen molar-refractivity contribution in [3.05, 3.63) is 53.1 Å². The van der Waals surface area contributed by atoms with Crippen LogP contribution in [0.2, 0.25) is 5.02 Å². The second-order valence-corrected chi connectivity index (χ2v) is 13.6. The number of morpholine rings is 1. The first-order valence-corrected chi connectivity index (χ1v) is 16.2. The lowest BCUT2D eigenvalue weighted by Crippen LogP contribution is -2.39. The molecule has 2 aliphatic rings. The molecule has 0 spiro atoms. The van der Waals surface area contributed by atoms with Crippen molar-refractivity contribution in [2.75, 3.05) is 51.3 Å². The molecular formula is C28H35ClN4O4S2. The van der Waals surface area contributed by atoms with Gasteiger partial charge in [0.1, 0.15) is 5.52 Å². The average molecular weight is 591 g/mol. The molecule has 1 saturated heterocycles. The van der Waals surface area contributed by atoms with Crippen LogP contribution in [0.3, 0.4) is 0 Å². The molecule has 1 aliphatic carbocycles. The SMILES string of the molecule is CN(C1CCCCC1)S(=O)(=O)c1ccc(C(=O)N(CCCN2CCOCC2)c2nc3c(Cl)cccc3s2)cc1. The van der Waals surface area contributed by atoms with Gasteiger partial charge in [0.05, 0.1) is 27.8 Å². The molecule has 0 atom stereocenters. The van der Waals surface area contributed by atoms with Gasteiger partial charge in [0, 0.05) is 44.8 Å². The monoisotopic (exact) mass is 590 g/mol. The van der Waals surface area contributed by atoms with Crippen molar-refractivity contribution in [1.29, 1.82) is 0 Å². The second-order valence-electron chi connectivity index (χ2n) is 10.2. The zero-order valence-corrected chi connectivity index (χ0v) is 24.6. The van der Waals surface area contributed by atoms with Crippen molar-refractivity contribution in [2.24, 2.45) is 0 Å². The summed E-state index contributed by atoms with van der Waals surface area (Å²) >= 11 is 7.81. The summed E-state index contributed by atoms with van der Waals surface area (Å²) in [5.74, 6) is -0.211. The molecule has 1 amide bonds. The Morgan fingerprint density at radius 3 is 2.51 bits per heavy atom. The van der Waals surface area contributed by atoms with Crippen LogP contribution in [0.15, 0.2) is 47.4 Å². The number of benzene rings is 2. The van der Waals surface area contributed by atoms with Crippen molar-refractivity contribution in [3.63, 3.8) is 0 Å². The molecule has 0 N–H and O–H groups in total. The molecule has 1 aliphatic heterocycles. The van der Waals surface area contributed by atoms with Gasteiger partial charge in [-0.2, -0.15) is 4.31 Å². The summed E-state index contributed by atoms with van der Waals surface area (Å²) in [5.41, 5.74) is 1.10. The molecule has 39 heavy (non-hydrogen) atoms. The van der Waals surface area contributed by atoms with Gasteiger partial charge in [-0.05, 0) is 55.7 Å². The fourth-order valence-electron chi connectivity index (χ4n) is 5.31. The number of carbonyl (C=O) groups is 1. The van der Waals surface area contributed by atoms with E-state index >= 15 is 0 Å². The highest BCUT2D eigenvalue weighted by atomic mass is 35.5. The minimum Gasteiger partial charge on any atom is -0.379 e. The Bertz CT molecular complexity index is 1380. The summed E-state index contributed by atoms with van der Waals surface area (Å²) in [6.45, 7) is 4.56. The van der Waals surface area contributed by atoms with Crippen LogP contribution < -0.4 is 4.90 Å². The van der Waals surface area contributed by atoms with E-state index in [4.69, 9.17) is 21.3 Å². The van der Waals surface area contributed by atoms with Crippen molar-refractivity contribution in [2.45, 2.75) is 49.5 Å². The van der Waals surface area contributed by atoms with Crippen LogP contribution in [0.25, 0.3) is 10.2 Å². The number of rotatable bonds is 9. The Labute approximate surface area is 239 Å². The molecule has 8 nitrogen and oxygen atoms in total. The highest BCUT2D eigenvalue weighted by Crippen LogP contribution is 2.34. The standard InChI is InChI=1S/C28H35ClN4O4S2/c1-31(22-7-3-2-4-8-22)39(35,36)23-13-11-21(12-14-23)27(34)33(16-6-15-32-17-19-37-20-18-32)28-30-26-24(29)9-5-10-25(26)38-28/h5,9-14,22H,2-4,6-8,15-20H2,1H3. The average Bonchev–Trinajstić information content (AvgIpc) is 3.41. The quantitative estimate of drug-likeness (QED) is 0.338. The van der Waals surface area contributed by atoms with Crippen molar-refractivity contribution in [3.8, 4) is 0 Å². The van der Waals surface area contributed by atoms with Crippen molar-refractivity contribution >= 4 is 54.2 Å². The van der Waals surface area contributed by atoms with Crippen LogP contribution in [-0.2, 0) is 14.8 Å². The van der Waals surface area contributed by atoms with Crippen molar-refractivity contribution in [1.82, 2.24) is 14.2 Å². The third-order valence-electron chi connectivity index (χ3n) is 7.66. The number of hydrogen-bond acceptors (Lipinski definition) is 7. The van der Waals surface area contributed by atoms with Crippen LogP contribution in [0, 0.1) is 0 Å². The Balaban J connectivity index is 1.36. The minimum absolute atomic E-state index is 0.0258. The molecule has 2 aromatic carbocycles. The first kappa shape index (κ1) is 28.4. The Hall–Kier alpha value is -2.08. The van der Waals surface area contributed by atoms with E-state index in [2.05, 4.69) is 4.90 Å². The van der Waals surface area contributed by atoms with Gasteiger partial charge in [-0.15, -0.1) is 0 Å². The maximum Gasteiger partial charge on any atom is 0.260 e. The number of sulfonamides is 1. The predicted molar refractivity (Wildman–Crippen MR) is 156 cm³/mol. The van der Waals surface area contributed by atoms with E-state index in [0.29, 0.717) is 27.8 Å².